The second kappa shape index (κ2) is 5.67. The monoisotopic (exact) mass is 224 g/mol. The Morgan fingerprint density at radius 2 is 1.75 bits per heavy atom. The molecule has 2 fully saturated rings. The zero-order valence-electron chi connectivity index (χ0n) is 10.5. The van der Waals surface area contributed by atoms with E-state index in [1.807, 2.05) is 0 Å². The van der Waals surface area contributed by atoms with E-state index in [1.165, 1.54) is 38.5 Å². The number of rotatable bonds is 2. The van der Waals surface area contributed by atoms with E-state index in [4.69, 9.17) is 0 Å². The molecule has 0 aromatic carbocycles. The van der Waals surface area contributed by atoms with Gasteiger partial charge in [-0.05, 0) is 39.3 Å². The Morgan fingerprint density at radius 3 is 2.31 bits per heavy atom. The Hall–Kier alpha value is -0.570. The highest BCUT2D eigenvalue weighted by atomic mass is 16.2. The van der Waals surface area contributed by atoms with Crippen molar-refractivity contribution in [2.75, 3.05) is 26.7 Å². The molecular formula is C13H24N2O. The van der Waals surface area contributed by atoms with Gasteiger partial charge in [-0.1, -0.05) is 12.8 Å². The van der Waals surface area contributed by atoms with Gasteiger partial charge in [-0.15, -0.1) is 0 Å². The summed E-state index contributed by atoms with van der Waals surface area (Å²) in [6, 6.07) is 0.510. The Bertz CT molecular complexity index is 234. The van der Waals surface area contributed by atoms with Crippen molar-refractivity contribution in [3.8, 4) is 0 Å². The summed E-state index contributed by atoms with van der Waals surface area (Å²) in [6.45, 7) is 3.16. The van der Waals surface area contributed by atoms with E-state index >= 15 is 0 Å². The standard InChI is InChI=1S/C13H24N2O/c1-14-8-6-7-12(14)11-13(16)15-9-4-2-3-5-10-15/h12H,2-11H2,1H3. The molecule has 3 nitrogen and oxygen atoms in total. The predicted octanol–water partition coefficient (Wildman–Crippen LogP) is 1.87. The molecule has 0 N–H and O–H groups in total. The molecule has 3 heteroatoms. The minimum Gasteiger partial charge on any atom is -0.343 e. The molecule has 0 aliphatic carbocycles. The molecule has 1 amide bonds. The van der Waals surface area contributed by atoms with E-state index in [2.05, 4.69) is 16.8 Å². The molecule has 2 rings (SSSR count). The minimum absolute atomic E-state index is 0.389. The number of carbonyl (C=O) groups excluding carboxylic acids is 1. The number of nitrogens with zero attached hydrogens (tertiary/aromatic N) is 2. The van der Waals surface area contributed by atoms with Crippen LogP contribution in [0.1, 0.15) is 44.9 Å². The second-order valence-electron chi connectivity index (χ2n) is 5.28. The van der Waals surface area contributed by atoms with Crippen LogP contribution < -0.4 is 0 Å². The van der Waals surface area contributed by atoms with Crippen LogP contribution in [0.3, 0.4) is 0 Å². The fraction of sp³-hybridized carbons (Fsp3) is 0.923. The first-order valence-corrected chi connectivity index (χ1v) is 6.75. The largest absolute Gasteiger partial charge is 0.343 e. The topological polar surface area (TPSA) is 23.6 Å². The Labute approximate surface area is 98.8 Å². The number of likely N-dealkylation sites (tertiary alicyclic amines) is 2. The molecule has 0 aromatic rings. The van der Waals surface area contributed by atoms with Gasteiger partial charge in [0.05, 0.1) is 0 Å². The van der Waals surface area contributed by atoms with Crippen molar-refractivity contribution in [3.63, 3.8) is 0 Å². The highest BCUT2D eigenvalue weighted by molar-refractivity contribution is 5.76. The van der Waals surface area contributed by atoms with Crippen molar-refractivity contribution in [3.05, 3.63) is 0 Å². The Kier molecular flexibility index (Phi) is 4.22. The molecule has 0 aromatic heterocycles. The maximum atomic E-state index is 12.2. The first kappa shape index (κ1) is 11.9. The van der Waals surface area contributed by atoms with Gasteiger partial charge in [0.1, 0.15) is 0 Å². The maximum Gasteiger partial charge on any atom is 0.224 e. The number of hydrogen-bond acceptors (Lipinski definition) is 2. The van der Waals surface area contributed by atoms with Crippen LogP contribution >= 0.6 is 0 Å². The molecule has 2 aliphatic rings. The fourth-order valence-electron chi connectivity index (χ4n) is 2.89. The smallest absolute Gasteiger partial charge is 0.224 e. The number of carbonyl (C=O) groups is 1. The number of amides is 1. The van der Waals surface area contributed by atoms with Crippen LogP contribution in [0.15, 0.2) is 0 Å². The lowest BCUT2D eigenvalue weighted by atomic mass is 10.1. The molecule has 0 saturated carbocycles. The summed E-state index contributed by atoms with van der Waals surface area (Å²) in [5.74, 6) is 0.389. The van der Waals surface area contributed by atoms with Gasteiger partial charge in [-0.25, -0.2) is 0 Å². The molecule has 0 radical (unpaired) electrons. The quantitative estimate of drug-likeness (QED) is 0.715. The summed E-state index contributed by atoms with van der Waals surface area (Å²) in [5, 5.41) is 0. The van der Waals surface area contributed by atoms with E-state index in [-0.39, 0.29) is 0 Å². The van der Waals surface area contributed by atoms with Gasteiger partial charge >= 0.3 is 0 Å². The lowest BCUT2D eigenvalue weighted by Crippen LogP contribution is -2.37. The van der Waals surface area contributed by atoms with E-state index in [9.17, 15) is 4.79 Å². The summed E-state index contributed by atoms with van der Waals surface area (Å²) < 4.78 is 0. The highest BCUT2D eigenvalue weighted by Crippen LogP contribution is 2.19. The molecular weight excluding hydrogens is 200 g/mol. The van der Waals surface area contributed by atoms with E-state index in [1.54, 1.807) is 0 Å². The van der Waals surface area contributed by atoms with Crippen LogP contribution in [-0.4, -0.2) is 48.4 Å². The van der Waals surface area contributed by atoms with Crippen LogP contribution in [0.2, 0.25) is 0 Å². The summed E-state index contributed by atoms with van der Waals surface area (Å²) in [6.07, 6.45) is 8.21. The molecule has 1 unspecified atom stereocenters. The third kappa shape index (κ3) is 2.97. The van der Waals surface area contributed by atoms with Crippen molar-refractivity contribution >= 4 is 5.91 Å². The third-order valence-electron chi connectivity index (χ3n) is 4.04. The van der Waals surface area contributed by atoms with Crippen molar-refractivity contribution in [1.29, 1.82) is 0 Å². The molecule has 2 heterocycles. The summed E-state index contributed by atoms with van der Waals surface area (Å²) in [7, 11) is 2.15. The SMILES string of the molecule is CN1CCCC1CC(=O)N1CCCCCC1. The van der Waals surface area contributed by atoms with Crippen LogP contribution in [0, 0.1) is 0 Å². The van der Waals surface area contributed by atoms with Gasteiger partial charge in [0, 0.05) is 25.6 Å². The fourth-order valence-corrected chi connectivity index (χ4v) is 2.89. The molecule has 2 aliphatic heterocycles. The zero-order chi connectivity index (χ0) is 11.4. The van der Waals surface area contributed by atoms with E-state index in [0.29, 0.717) is 11.9 Å². The van der Waals surface area contributed by atoms with Crippen LogP contribution in [0.5, 0.6) is 0 Å². The van der Waals surface area contributed by atoms with Gasteiger partial charge in [0.25, 0.3) is 0 Å². The van der Waals surface area contributed by atoms with Crippen LogP contribution in [0.4, 0.5) is 0 Å². The molecule has 1 atom stereocenters. The Balaban J connectivity index is 1.81. The average Bonchev–Trinajstić information content (AvgIpc) is 2.57. The van der Waals surface area contributed by atoms with E-state index < -0.39 is 0 Å². The molecule has 0 bridgehead atoms. The van der Waals surface area contributed by atoms with Crippen molar-refractivity contribution in [2.24, 2.45) is 0 Å². The summed E-state index contributed by atoms with van der Waals surface area (Å²) >= 11 is 0. The highest BCUT2D eigenvalue weighted by Gasteiger charge is 2.25. The normalized spacial score (nSPS) is 28.1. The van der Waals surface area contributed by atoms with E-state index in [0.717, 1.165) is 26.1 Å². The first-order valence-electron chi connectivity index (χ1n) is 6.75. The average molecular weight is 224 g/mol. The summed E-state index contributed by atoms with van der Waals surface area (Å²) in [5.41, 5.74) is 0. The zero-order valence-corrected chi connectivity index (χ0v) is 10.5. The van der Waals surface area contributed by atoms with Crippen molar-refractivity contribution in [2.45, 2.75) is 51.0 Å². The van der Waals surface area contributed by atoms with Crippen LogP contribution in [-0.2, 0) is 4.79 Å². The van der Waals surface area contributed by atoms with Crippen molar-refractivity contribution < 1.29 is 4.79 Å². The maximum absolute atomic E-state index is 12.2. The second-order valence-corrected chi connectivity index (χ2v) is 5.28. The predicted molar refractivity (Wildman–Crippen MR) is 65.3 cm³/mol. The molecule has 16 heavy (non-hydrogen) atoms. The van der Waals surface area contributed by atoms with Gasteiger partial charge in [-0.3, -0.25) is 4.79 Å². The minimum atomic E-state index is 0.389. The van der Waals surface area contributed by atoms with Gasteiger partial charge in [-0.2, -0.15) is 0 Å². The molecule has 0 spiro atoms. The number of hydrogen-bond donors (Lipinski definition) is 0. The third-order valence-corrected chi connectivity index (χ3v) is 4.04. The lowest BCUT2D eigenvalue weighted by molar-refractivity contribution is -0.132. The van der Waals surface area contributed by atoms with Gasteiger partial charge < -0.3 is 9.80 Å². The lowest BCUT2D eigenvalue weighted by Gasteiger charge is -2.24. The molecule has 92 valence electrons. The van der Waals surface area contributed by atoms with Crippen molar-refractivity contribution in [1.82, 2.24) is 9.80 Å². The first-order chi connectivity index (χ1) is 7.77. The summed E-state index contributed by atoms with van der Waals surface area (Å²) in [4.78, 5) is 16.6. The Morgan fingerprint density at radius 1 is 1.06 bits per heavy atom. The van der Waals surface area contributed by atoms with Gasteiger partial charge in [0.2, 0.25) is 5.91 Å². The van der Waals surface area contributed by atoms with Gasteiger partial charge in [0.15, 0.2) is 0 Å². The molecule has 2 saturated heterocycles. The van der Waals surface area contributed by atoms with Crippen LogP contribution in [0.25, 0.3) is 0 Å².